The summed E-state index contributed by atoms with van der Waals surface area (Å²) in [6, 6.07) is 55.2. The van der Waals surface area contributed by atoms with Crippen LogP contribution in [0.2, 0.25) is 0 Å². The third-order valence-corrected chi connectivity index (χ3v) is 6.64. The zero-order valence-corrected chi connectivity index (χ0v) is 21.0. The minimum atomic E-state index is 1.06. The van der Waals surface area contributed by atoms with Crippen molar-refractivity contribution in [2.45, 2.75) is 0 Å². The zero-order valence-electron chi connectivity index (χ0n) is 21.0. The van der Waals surface area contributed by atoms with Gasteiger partial charge in [-0.15, -0.1) is 0 Å². The van der Waals surface area contributed by atoms with E-state index in [1.807, 2.05) is 36.4 Å². The molecule has 2 heteroatoms. The van der Waals surface area contributed by atoms with E-state index in [4.69, 9.17) is 0 Å². The van der Waals surface area contributed by atoms with Crippen LogP contribution in [0.25, 0.3) is 33.4 Å². The monoisotopic (exact) mass is 488 g/mol. The van der Waals surface area contributed by atoms with Gasteiger partial charge >= 0.3 is 0 Å². The fourth-order valence-corrected chi connectivity index (χ4v) is 4.69. The van der Waals surface area contributed by atoms with Crippen LogP contribution in [-0.2, 0) is 0 Å². The Bertz CT molecular complexity index is 1610. The summed E-state index contributed by atoms with van der Waals surface area (Å²) in [7, 11) is 0. The second-order valence-corrected chi connectivity index (χ2v) is 9.26. The number of para-hydroxylation sites is 2. The average molecular weight is 489 g/mol. The van der Waals surface area contributed by atoms with Gasteiger partial charge in [0.05, 0.1) is 0 Å². The predicted molar refractivity (Wildman–Crippen MR) is 162 cm³/mol. The first-order valence-electron chi connectivity index (χ1n) is 12.9. The number of anilines is 4. The lowest BCUT2D eigenvalue weighted by Gasteiger charge is -2.15. The summed E-state index contributed by atoms with van der Waals surface area (Å²) in [5, 5.41) is 7.03. The molecule has 2 N–H and O–H groups in total. The first-order valence-corrected chi connectivity index (χ1v) is 12.9. The van der Waals surface area contributed by atoms with E-state index >= 15 is 0 Å². The van der Waals surface area contributed by atoms with Crippen molar-refractivity contribution >= 4 is 22.7 Å². The summed E-state index contributed by atoms with van der Waals surface area (Å²) < 4.78 is 0. The second kappa shape index (κ2) is 10.9. The third kappa shape index (κ3) is 5.35. The van der Waals surface area contributed by atoms with Crippen LogP contribution in [0.15, 0.2) is 158 Å². The fourth-order valence-electron chi connectivity index (χ4n) is 4.69. The third-order valence-electron chi connectivity index (χ3n) is 6.64. The number of hydrogen-bond acceptors (Lipinski definition) is 2. The van der Waals surface area contributed by atoms with E-state index < -0.39 is 0 Å². The lowest BCUT2D eigenvalue weighted by Crippen LogP contribution is -1.93. The summed E-state index contributed by atoms with van der Waals surface area (Å²) >= 11 is 0. The van der Waals surface area contributed by atoms with Gasteiger partial charge in [0.2, 0.25) is 0 Å². The summed E-state index contributed by atoms with van der Waals surface area (Å²) in [5.41, 5.74) is 11.5. The van der Waals surface area contributed by atoms with Gasteiger partial charge in [-0.1, -0.05) is 109 Å². The van der Waals surface area contributed by atoms with Crippen LogP contribution in [0.5, 0.6) is 0 Å². The van der Waals surface area contributed by atoms with Crippen molar-refractivity contribution in [2.24, 2.45) is 0 Å². The smallest absolute Gasteiger partial charge is 0.0390 e. The quantitative estimate of drug-likeness (QED) is 0.233. The van der Waals surface area contributed by atoms with Gasteiger partial charge in [0.15, 0.2) is 0 Å². The van der Waals surface area contributed by atoms with Crippen LogP contribution in [0, 0.1) is 0 Å². The Balaban J connectivity index is 1.36. The SMILES string of the molecule is c1ccc(Nc2ccc(-c3ccc(Nc4ccccc4)cc3-c3ccc(-c4ccccc4)cc3)cc2)cc1. The molecule has 0 fully saturated rings. The molecule has 6 aromatic carbocycles. The Hall–Kier alpha value is -5.08. The van der Waals surface area contributed by atoms with Crippen molar-refractivity contribution in [1.82, 2.24) is 0 Å². The molecular weight excluding hydrogens is 460 g/mol. The van der Waals surface area contributed by atoms with Gasteiger partial charge in [0.25, 0.3) is 0 Å². The summed E-state index contributed by atoms with van der Waals surface area (Å²) in [5.74, 6) is 0. The topological polar surface area (TPSA) is 24.1 Å². The number of benzene rings is 6. The van der Waals surface area contributed by atoms with Crippen molar-refractivity contribution < 1.29 is 0 Å². The van der Waals surface area contributed by atoms with Crippen LogP contribution in [0.4, 0.5) is 22.7 Å². The summed E-state index contributed by atoms with van der Waals surface area (Å²) in [6.45, 7) is 0. The highest BCUT2D eigenvalue weighted by atomic mass is 14.9. The molecule has 6 rings (SSSR count). The Labute approximate surface area is 224 Å². The molecule has 0 unspecified atom stereocenters. The first kappa shape index (κ1) is 23.3. The minimum absolute atomic E-state index is 1.06. The van der Waals surface area contributed by atoms with Crippen LogP contribution in [0.1, 0.15) is 0 Å². The van der Waals surface area contributed by atoms with Crippen LogP contribution >= 0.6 is 0 Å². The van der Waals surface area contributed by atoms with E-state index in [2.05, 4.69) is 132 Å². The maximum Gasteiger partial charge on any atom is 0.0390 e. The molecule has 0 aliphatic rings. The highest BCUT2D eigenvalue weighted by Crippen LogP contribution is 2.36. The molecule has 0 radical (unpaired) electrons. The molecule has 6 aromatic rings. The second-order valence-electron chi connectivity index (χ2n) is 9.26. The van der Waals surface area contributed by atoms with E-state index in [9.17, 15) is 0 Å². The summed E-state index contributed by atoms with van der Waals surface area (Å²) in [6.07, 6.45) is 0. The number of nitrogens with one attached hydrogen (secondary N) is 2. The van der Waals surface area contributed by atoms with Crippen LogP contribution < -0.4 is 10.6 Å². The molecule has 0 aliphatic heterocycles. The lowest BCUT2D eigenvalue weighted by atomic mass is 9.92. The minimum Gasteiger partial charge on any atom is -0.356 e. The van der Waals surface area contributed by atoms with Gasteiger partial charge in [-0.2, -0.15) is 0 Å². The maximum absolute atomic E-state index is 3.56. The Morgan fingerprint density at radius 1 is 0.263 bits per heavy atom. The first-order chi connectivity index (χ1) is 18.8. The van der Waals surface area contributed by atoms with Gasteiger partial charge in [0, 0.05) is 22.7 Å². The predicted octanol–water partition coefficient (Wildman–Crippen LogP) is 10.2. The van der Waals surface area contributed by atoms with Gasteiger partial charge < -0.3 is 10.6 Å². The molecule has 2 nitrogen and oxygen atoms in total. The van der Waals surface area contributed by atoms with Crippen molar-refractivity contribution in [3.8, 4) is 33.4 Å². The Kier molecular flexibility index (Phi) is 6.69. The van der Waals surface area contributed by atoms with Crippen molar-refractivity contribution in [3.63, 3.8) is 0 Å². The molecule has 0 amide bonds. The largest absolute Gasteiger partial charge is 0.356 e. The molecule has 0 aliphatic carbocycles. The van der Waals surface area contributed by atoms with Gasteiger partial charge in [-0.25, -0.2) is 0 Å². The molecule has 38 heavy (non-hydrogen) atoms. The molecular formula is C36H28N2. The Morgan fingerprint density at radius 3 is 1.26 bits per heavy atom. The fraction of sp³-hybridized carbons (Fsp3) is 0. The normalized spacial score (nSPS) is 10.6. The van der Waals surface area contributed by atoms with E-state index in [0.717, 1.165) is 22.7 Å². The molecule has 182 valence electrons. The van der Waals surface area contributed by atoms with Crippen molar-refractivity contribution in [1.29, 1.82) is 0 Å². The average Bonchev–Trinajstić information content (AvgIpc) is 2.99. The maximum atomic E-state index is 3.56. The standard InChI is InChI=1S/C36H28N2/c1-4-10-27(11-5-1)28-16-18-30(19-17-28)36-26-34(38-32-14-8-3-9-15-32)24-25-35(36)29-20-22-33(23-21-29)37-31-12-6-2-7-13-31/h1-26,37-38H. The number of rotatable bonds is 7. The van der Waals surface area contributed by atoms with E-state index in [1.54, 1.807) is 0 Å². The van der Waals surface area contributed by atoms with Crippen LogP contribution in [0.3, 0.4) is 0 Å². The Morgan fingerprint density at radius 2 is 0.658 bits per heavy atom. The zero-order chi connectivity index (χ0) is 25.6. The molecule has 0 saturated heterocycles. The molecule has 0 atom stereocenters. The van der Waals surface area contributed by atoms with Gasteiger partial charge in [-0.3, -0.25) is 0 Å². The molecule has 0 aromatic heterocycles. The van der Waals surface area contributed by atoms with Crippen LogP contribution in [-0.4, -0.2) is 0 Å². The highest BCUT2D eigenvalue weighted by Gasteiger charge is 2.10. The summed E-state index contributed by atoms with van der Waals surface area (Å²) in [4.78, 5) is 0. The van der Waals surface area contributed by atoms with E-state index in [-0.39, 0.29) is 0 Å². The molecule has 0 bridgehead atoms. The highest BCUT2D eigenvalue weighted by molar-refractivity contribution is 5.87. The molecule has 0 spiro atoms. The van der Waals surface area contributed by atoms with E-state index in [1.165, 1.54) is 33.4 Å². The molecule has 0 saturated carbocycles. The van der Waals surface area contributed by atoms with Crippen molar-refractivity contribution in [3.05, 3.63) is 158 Å². The molecule has 0 heterocycles. The number of hydrogen-bond donors (Lipinski definition) is 2. The van der Waals surface area contributed by atoms with Gasteiger partial charge in [-0.05, 0) is 81.9 Å². The lowest BCUT2D eigenvalue weighted by molar-refractivity contribution is 1.51. The van der Waals surface area contributed by atoms with Gasteiger partial charge in [0.1, 0.15) is 0 Å². The van der Waals surface area contributed by atoms with Crippen molar-refractivity contribution in [2.75, 3.05) is 10.6 Å². The van der Waals surface area contributed by atoms with E-state index in [0.29, 0.717) is 0 Å².